The van der Waals surface area contributed by atoms with Crippen LogP contribution in [0.2, 0.25) is 0 Å². The molecule has 0 bridgehead atoms. The highest BCUT2D eigenvalue weighted by atomic mass is 19.1. The van der Waals surface area contributed by atoms with Gasteiger partial charge in [-0.2, -0.15) is 0 Å². The zero-order chi connectivity index (χ0) is 15.1. The van der Waals surface area contributed by atoms with Crippen LogP contribution in [0, 0.1) is 17.7 Å². The molecule has 0 aliphatic carbocycles. The highest BCUT2D eigenvalue weighted by Gasteiger charge is 2.40. The molecule has 2 N–H and O–H groups in total. The van der Waals surface area contributed by atoms with Gasteiger partial charge < -0.3 is 14.8 Å². The van der Waals surface area contributed by atoms with Gasteiger partial charge in [0.05, 0.1) is 25.0 Å². The van der Waals surface area contributed by atoms with Crippen LogP contribution < -0.4 is 5.56 Å². The molecule has 2 aromatic heterocycles. The van der Waals surface area contributed by atoms with Crippen LogP contribution in [0.1, 0.15) is 25.5 Å². The van der Waals surface area contributed by atoms with Crippen molar-refractivity contribution in [1.82, 2.24) is 9.97 Å². The van der Waals surface area contributed by atoms with E-state index in [4.69, 9.17) is 4.74 Å². The van der Waals surface area contributed by atoms with Crippen molar-refractivity contribution in [2.24, 2.45) is 11.8 Å². The monoisotopic (exact) mass is 292 g/mol. The Morgan fingerprint density at radius 1 is 1.38 bits per heavy atom. The first kappa shape index (κ1) is 14.2. The Bertz CT molecular complexity index is 730. The van der Waals surface area contributed by atoms with Crippen LogP contribution in [0.25, 0.3) is 11.0 Å². The summed E-state index contributed by atoms with van der Waals surface area (Å²) in [5.41, 5.74) is 0.511. The van der Waals surface area contributed by atoms with Gasteiger partial charge in [0.2, 0.25) is 0 Å². The van der Waals surface area contributed by atoms with Crippen LogP contribution in [0.5, 0.6) is 0 Å². The molecule has 0 saturated carbocycles. The number of H-pyrrole nitrogens is 1. The minimum absolute atomic E-state index is 0.0797. The number of aliphatic hydroxyl groups is 1. The lowest BCUT2D eigenvalue weighted by molar-refractivity contribution is -0.00263. The summed E-state index contributed by atoms with van der Waals surface area (Å²) >= 11 is 0. The van der Waals surface area contributed by atoms with E-state index in [1.807, 2.05) is 13.8 Å². The molecule has 5 nitrogen and oxygen atoms in total. The molecule has 112 valence electrons. The van der Waals surface area contributed by atoms with E-state index in [9.17, 15) is 14.3 Å². The molecule has 1 aliphatic heterocycles. The van der Waals surface area contributed by atoms with E-state index in [0.717, 1.165) is 6.20 Å². The Balaban J connectivity index is 2.08. The molecule has 21 heavy (non-hydrogen) atoms. The normalized spacial score (nSPS) is 29.1. The number of aromatic nitrogens is 2. The van der Waals surface area contributed by atoms with Crippen molar-refractivity contribution in [3.8, 4) is 0 Å². The highest BCUT2D eigenvalue weighted by molar-refractivity contribution is 5.74. The number of aliphatic hydroxyl groups excluding tert-OH is 1. The zero-order valence-corrected chi connectivity index (χ0v) is 11.8. The van der Waals surface area contributed by atoms with Crippen LogP contribution in [-0.2, 0) is 4.74 Å². The number of rotatable bonds is 2. The van der Waals surface area contributed by atoms with Crippen molar-refractivity contribution in [2.45, 2.75) is 26.1 Å². The SMILES string of the molecule is CC1[C@@H](CO)O[C@@H](c2cc3cc(F)cnc3[nH]c2=O)[C@H]1C. The van der Waals surface area contributed by atoms with E-state index in [-0.39, 0.29) is 30.1 Å². The number of pyridine rings is 2. The maximum Gasteiger partial charge on any atom is 0.255 e. The zero-order valence-electron chi connectivity index (χ0n) is 11.8. The van der Waals surface area contributed by atoms with E-state index in [2.05, 4.69) is 9.97 Å². The molecule has 1 saturated heterocycles. The minimum atomic E-state index is -0.456. The van der Waals surface area contributed by atoms with Crippen LogP contribution in [0.4, 0.5) is 4.39 Å². The molecule has 1 aliphatic rings. The van der Waals surface area contributed by atoms with Gasteiger partial charge in [-0.25, -0.2) is 9.37 Å². The predicted octanol–water partition coefficient (Wildman–Crippen LogP) is 1.77. The maximum absolute atomic E-state index is 13.3. The third-order valence-electron chi connectivity index (χ3n) is 4.39. The van der Waals surface area contributed by atoms with Gasteiger partial charge in [0.15, 0.2) is 0 Å². The van der Waals surface area contributed by atoms with Crippen LogP contribution >= 0.6 is 0 Å². The number of ether oxygens (including phenoxy) is 1. The summed E-state index contributed by atoms with van der Waals surface area (Å²) in [5, 5.41) is 9.85. The summed E-state index contributed by atoms with van der Waals surface area (Å²) in [6.45, 7) is 3.89. The average Bonchev–Trinajstić information content (AvgIpc) is 2.75. The third kappa shape index (κ3) is 2.34. The predicted molar refractivity (Wildman–Crippen MR) is 75.3 cm³/mol. The fourth-order valence-electron chi connectivity index (χ4n) is 2.91. The molecule has 0 amide bonds. The number of hydrogen-bond acceptors (Lipinski definition) is 4. The van der Waals surface area contributed by atoms with Gasteiger partial charge in [-0.05, 0) is 24.0 Å². The summed E-state index contributed by atoms with van der Waals surface area (Å²) in [7, 11) is 0. The number of hydrogen-bond donors (Lipinski definition) is 2. The van der Waals surface area contributed by atoms with Crippen molar-refractivity contribution in [2.75, 3.05) is 6.61 Å². The van der Waals surface area contributed by atoms with Crippen molar-refractivity contribution in [3.05, 3.63) is 40.1 Å². The standard InChI is InChI=1S/C15H17FN2O3/c1-7-8(2)13(21-12(7)6-19)11-4-9-3-10(16)5-17-14(9)18-15(11)20/h3-5,7-8,12-13,19H,6H2,1-2H3,(H,17,18,20)/t7?,8-,12+,13+/m0/s1. The summed E-state index contributed by atoms with van der Waals surface area (Å²) < 4.78 is 19.1. The number of aromatic amines is 1. The Hall–Kier alpha value is -1.79. The van der Waals surface area contributed by atoms with Gasteiger partial charge in [0, 0.05) is 10.9 Å². The van der Waals surface area contributed by atoms with Gasteiger partial charge >= 0.3 is 0 Å². The lowest BCUT2D eigenvalue weighted by Crippen LogP contribution is -2.20. The van der Waals surface area contributed by atoms with E-state index >= 15 is 0 Å². The fraction of sp³-hybridized carbons (Fsp3) is 0.467. The van der Waals surface area contributed by atoms with E-state index in [0.29, 0.717) is 16.6 Å². The van der Waals surface area contributed by atoms with Crippen LogP contribution in [0.15, 0.2) is 23.1 Å². The molecular formula is C15H17FN2O3. The molecule has 1 unspecified atom stereocenters. The molecule has 0 spiro atoms. The fourth-order valence-corrected chi connectivity index (χ4v) is 2.91. The summed E-state index contributed by atoms with van der Waals surface area (Å²) in [6.07, 6.45) is 0.371. The smallest absolute Gasteiger partial charge is 0.255 e. The Labute approximate surface area is 120 Å². The molecule has 3 heterocycles. The maximum atomic E-state index is 13.3. The summed E-state index contributed by atoms with van der Waals surface area (Å²) in [6, 6.07) is 2.95. The van der Waals surface area contributed by atoms with Gasteiger partial charge in [-0.3, -0.25) is 4.79 Å². The Kier molecular flexibility index (Phi) is 3.51. The van der Waals surface area contributed by atoms with Crippen LogP contribution in [-0.4, -0.2) is 27.8 Å². The van der Waals surface area contributed by atoms with E-state index < -0.39 is 11.9 Å². The second kappa shape index (κ2) is 5.20. The lowest BCUT2D eigenvalue weighted by atomic mass is 9.88. The van der Waals surface area contributed by atoms with Crippen molar-refractivity contribution < 1.29 is 14.2 Å². The third-order valence-corrected chi connectivity index (χ3v) is 4.39. The number of nitrogens with zero attached hydrogens (tertiary/aromatic N) is 1. The molecule has 2 aromatic rings. The van der Waals surface area contributed by atoms with Crippen molar-refractivity contribution in [1.29, 1.82) is 0 Å². The number of halogens is 1. The minimum Gasteiger partial charge on any atom is -0.394 e. The Morgan fingerprint density at radius 2 is 2.14 bits per heavy atom. The lowest BCUT2D eigenvalue weighted by Gasteiger charge is -2.16. The van der Waals surface area contributed by atoms with Crippen LogP contribution in [0.3, 0.4) is 0 Å². The van der Waals surface area contributed by atoms with E-state index in [1.54, 1.807) is 6.07 Å². The van der Waals surface area contributed by atoms with E-state index in [1.165, 1.54) is 6.07 Å². The van der Waals surface area contributed by atoms with Crippen molar-refractivity contribution >= 4 is 11.0 Å². The van der Waals surface area contributed by atoms with Gasteiger partial charge in [-0.1, -0.05) is 13.8 Å². The van der Waals surface area contributed by atoms with Gasteiger partial charge in [-0.15, -0.1) is 0 Å². The molecule has 3 rings (SSSR count). The summed E-state index contributed by atoms with van der Waals surface area (Å²) in [4.78, 5) is 18.7. The largest absolute Gasteiger partial charge is 0.394 e. The molecule has 6 heteroatoms. The molecule has 4 atom stereocenters. The Morgan fingerprint density at radius 3 is 2.81 bits per heavy atom. The highest BCUT2D eigenvalue weighted by Crippen LogP contribution is 2.40. The second-order valence-electron chi connectivity index (χ2n) is 5.64. The summed E-state index contributed by atoms with van der Waals surface area (Å²) in [5.74, 6) is -0.231. The van der Waals surface area contributed by atoms with Gasteiger partial charge in [0.1, 0.15) is 11.5 Å². The number of fused-ring (bicyclic) bond motifs is 1. The number of nitrogens with one attached hydrogen (secondary N) is 1. The molecule has 1 fully saturated rings. The first-order valence-electron chi connectivity index (χ1n) is 6.96. The first-order valence-corrected chi connectivity index (χ1v) is 6.96. The molecule has 0 radical (unpaired) electrons. The topological polar surface area (TPSA) is 75.2 Å². The average molecular weight is 292 g/mol. The molecule has 0 aromatic carbocycles. The first-order chi connectivity index (χ1) is 10.0. The quantitative estimate of drug-likeness (QED) is 0.884. The van der Waals surface area contributed by atoms with Gasteiger partial charge in [0.25, 0.3) is 5.56 Å². The second-order valence-corrected chi connectivity index (χ2v) is 5.64. The molecular weight excluding hydrogens is 275 g/mol. The van der Waals surface area contributed by atoms with Crippen molar-refractivity contribution in [3.63, 3.8) is 0 Å².